The highest BCUT2D eigenvalue weighted by molar-refractivity contribution is 9.10. The number of benzene rings is 1. The van der Waals surface area contributed by atoms with Crippen molar-refractivity contribution >= 4 is 32.8 Å². The maximum Gasteiger partial charge on any atom is 0.127 e. The molecule has 0 fully saturated rings. The number of rotatable bonds is 3. The molecule has 0 radical (unpaired) electrons. The highest BCUT2D eigenvalue weighted by Crippen LogP contribution is 2.40. The number of thiophene rings is 1. The molecule has 20 heavy (non-hydrogen) atoms. The van der Waals surface area contributed by atoms with Crippen molar-refractivity contribution in [2.45, 2.75) is 13.0 Å². The molecule has 0 amide bonds. The lowest BCUT2D eigenvalue weighted by Gasteiger charge is -2.10. The van der Waals surface area contributed by atoms with Crippen LogP contribution < -0.4 is 10.1 Å². The molecule has 1 N–H and O–H groups in total. The maximum atomic E-state index is 5.95. The van der Waals surface area contributed by atoms with Gasteiger partial charge in [0.25, 0.3) is 0 Å². The lowest BCUT2D eigenvalue weighted by atomic mass is 10.0. The van der Waals surface area contributed by atoms with Crippen LogP contribution in [0.15, 0.2) is 40.2 Å². The number of nitrogens with one attached hydrogen (secondary N) is 1. The van der Waals surface area contributed by atoms with Crippen LogP contribution in [-0.2, 0) is 6.61 Å². The van der Waals surface area contributed by atoms with E-state index in [9.17, 15) is 0 Å². The Morgan fingerprint density at radius 2 is 2.30 bits per heavy atom. The first-order valence-corrected chi connectivity index (χ1v) is 8.31. The minimum atomic E-state index is 0.650. The lowest BCUT2D eigenvalue weighted by Crippen LogP contribution is -2.06. The van der Waals surface area contributed by atoms with E-state index in [-0.39, 0.29) is 0 Å². The second-order valence-electron chi connectivity index (χ2n) is 4.71. The third-order valence-corrected chi connectivity index (χ3v) is 4.83. The molecule has 0 spiro atoms. The summed E-state index contributed by atoms with van der Waals surface area (Å²) in [6.07, 6.45) is 3.32. The first kappa shape index (κ1) is 13.9. The smallest absolute Gasteiger partial charge is 0.127 e. The SMILES string of the molecule is CNCC/C=C1/c2cc(Br)ccc2OCc2ccsc21. The monoisotopic (exact) mass is 349 g/mol. The van der Waals surface area contributed by atoms with Crippen molar-refractivity contribution in [3.63, 3.8) is 0 Å². The number of hydrogen-bond acceptors (Lipinski definition) is 3. The van der Waals surface area contributed by atoms with Gasteiger partial charge in [0.2, 0.25) is 0 Å². The highest BCUT2D eigenvalue weighted by atomic mass is 79.9. The van der Waals surface area contributed by atoms with Gasteiger partial charge in [0.1, 0.15) is 12.4 Å². The van der Waals surface area contributed by atoms with E-state index in [1.165, 1.54) is 21.6 Å². The summed E-state index contributed by atoms with van der Waals surface area (Å²) in [6, 6.07) is 8.38. The van der Waals surface area contributed by atoms with E-state index in [4.69, 9.17) is 4.74 Å². The molecule has 3 rings (SSSR count). The molecule has 0 bridgehead atoms. The van der Waals surface area contributed by atoms with Crippen LogP contribution in [0.4, 0.5) is 0 Å². The molecule has 1 aromatic carbocycles. The van der Waals surface area contributed by atoms with Crippen LogP contribution in [-0.4, -0.2) is 13.6 Å². The summed E-state index contributed by atoms with van der Waals surface area (Å²) in [6.45, 7) is 1.63. The average molecular weight is 350 g/mol. The third kappa shape index (κ3) is 2.68. The van der Waals surface area contributed by atoms with Gasteiger partial charge in [-0.05, 0) is 55.2 Å². The van der Waals surface area contributed by atoms with Gasteiger partial charge in [-0.25, -0.2) is 0 Å². The second-order valence-corrected chi connectivity index (χ2v) is 6.55. The molecule has 0 saturated carbocycles. The first-order valence-electron chi connectivity index (χ1n) is 6.64. The van der Waals surface area contributed by atoms with E-state index < -0.39 is 0 Å². The molecule has 0 aliphatic carbocycles. The first-order chi connectivity index (χ1) is 9.79. The molecular weight excluding hydrogens is 334 g/mol. The third-order valence-electron chi connectivity index (χ3n) is 3.35. The molecule has 1 aliphatic rings. The molecule has 0 unspecified atom stereocenters. The van der Waals surface area contributed by atoms with E-state index in [0.717, 1.165) is 23.2 Å². The average Bonchev–Trinajstić information content (AvgIpc) is 2.85. The Bertz CT molecular complexity index is 648. The summed E-state index contributed by atoms with van der Waals surface area (Å²) in [4.78, 5) is 1.33. The molecular formula is C16H16BrNOS. The fourth-order valence-electron chi connectivity index (χ4n) is 2.37. The van der Waals surface area contributed by atoms with Crippen molar-refractivity contribution in [2.75, 3.05) is 13.6 Å². The number of halogens is 1. The number of fused-ring (bicyclic) bond motifs is 2. The Kier molecular flexibility index (Phi) is 4.24. The number of hydrogen-bond donors (Lipinski definition) is 1. The van der Waals surface area contributed by atoms with Gasteiger partial charge in [-0.15, -0.1) is 11.3 Å². The second kappa shape index (κ2) is 6.12. The van der Waals surface area contributed by atoms with Gasteiger partial charge in [-0.3, -0.25) is 0 Å². The highest BCUT2D eigenvalue weighted by Gasteiger charge is 2.20. The lowest BCUT2D eigenvalue weighted by molar-refractivity contribution is 0.307. The van der Waals surface area contributed by atoms with Gasteiger partial charge >= 0.3 is 0 Å². The minimum absolute atomic E-state index is 0.650. The van der Waals surface area contributed by atoms with Gasteiger partial charge < -0.3 is 10.1 Å². The van der Waals surface area contributed by atoms with Crippen LogP contribution in [0.2, 0.25) is 0 Å². The topological polar surface area (TPSA) is 21.3 Å². The predicted octanol–water partition coefficient (Wildman–Crippen LogP) is 4.44. The Morgan fingerprint density at radius 3 is 3.15 bits per heavy atom. The molecule has 2 aromatic rings. The van der Waals surface area contributed by atoms with Gasteiger partial charge in [0.15, 0.2) is 0 Å². The standard InChI is InChI=1S/C16H16BrNOS/c1-18-7-2-3-13-14-9-12(17)4-5-15(14)19-10-11-6-8-20-16(11)13/h3-6,8-9,18H,2,7,10H2,1H3/b13-3-. The molecule has 2 heterocycles. The summed E-state index contributed by atoms with van der Waals surface area (Å²) >= 11 is 5.35. The summed E-state index contributed by atoms with van der Waals surface area (Å²) in [5.74, 6) is 0.965. The Morgan fingerprint density at radius 1 is 1.40 bits per heavy atom. The minimum Gasteiger partial charge on any atom is -0.488 e. The quantitative estimate of drug-likeness (QED) is 0.826. The normalized spacial score (nSPS) is 15.4. The zero-order chi connectivity index (χ0) is 13.9. The van der Waals surface area contributed by atoms with E-state index in [1.807, 2.05) is 19.2 Å². The number of ether oxygens (including phenoxy) is 1. The molecule has 4 heteroatoms. The van der Waals surface area contributed by atoms with Gasteiger partial charge in [-0.1, -0.05) is 22.0 Å². The van der Waals surface area contributed by atoms with E-state index in [0.29, 0.717) is 6.61 Å². The molecule has 1 aromatic heterocycles. The molecule has 0 atom stereocenters. The van der Waals surface area contributed by atoms with Crippen molar-refractivity contribution < 1.29 is 4.74 Å². The van der Waals surface area contributed by atoms with E-state index in [1.54, 1.807) is 11.3 Å². The van der Waals surface area contributed by atoms with Crippen molar-refractivity contribution in [3.05, 3.63) is 56.2 Å². The van der Waals surface area contributed by atoms with Gasteiger partial charge in [0.05, 0.1) is 0 Å². The zero-order valence-electron chi connectivity index (χ0n) is 11.3. The Labute approximate surface area is 131 Å². The fraction of sp³-hybridized carbons (Fsp3) is 0.250. The van der Waals surface area contributed by atoms with Crippen LogP contribution in [0, 0.1) is 0 Å². The molecule has 104 valence electrons. The van der Waals surface area contributed by atoms with Crippen molar-refractivity contribution in [3.8, 4) is 5.75 Å². The predicted molar refractivity (Wildman–Crippen MR) is 88.4 cm³/mol. The van der Waals surface area contributed by atoms with Crippen LogP contribution in [0.3, 0.4) is 0 Å². The van der Waals surface area contributed by atoms with Crippen molar-refractivity contribution in [1.82, 2.24) is 5.32 Å². The molecule has 2 nitrogen and oxygen atoms in total. The van der Waals surface area contributed by atoms with Gasteiger partial charge in [-0.2, -0.15) is 0 Å². The van der Waals surface area contributed by atoms with Gasteiger partial charge in [0, 0.05) is 20.5 Å². The van der Waals surface area contributed by atoms with Crippen molar-refractivity contribution in [1.29, 1.82) is 0 Å². The Hall–Kier alpha value is -1.10. The summed E-state index contributed by atoms with van der Waals surface area (Å²) in [5.41, 5.74) is 3.74. The van der Waals surface area contributed by atoms with Crippen LogP contribution in [0.25, 0.3) is 5.57 Å². The maximum absolute atomic E-state index is 5.95. The molecule has 0 saturated heterocycles. The zero-order valence-corrected chi connectivity index (χ0v) is 13.7. The molecule has 1 aliphatic heterocycles. The van der Waals surface area contributed by atoms with Crippen LogP contribution in [0.5, 0.6) is 5.75 Å². The van der Waals surface area contributed by atoms with Crippen molar-refractivity contribution in [2.24, 2.45) is 0 Å². The largest absolute Gasteiger partial charge is 0.488 e. The van der Waals surface area contributed by atoms with Crippen LogP contribution in [0.1, 0.15) is 22.4 Å². The fourth-order valence-corrected chi connectivity index (χ4v) is 3.69. The van der Waals surface area contributed by atoms with E-state index >= 15 is 0 Å². The summed E-state index contributed by atoms with van der Waals surface area (Å²) in [5, 5.41) is 5.34. The van der Waals surface area contributed by atoms with E-state index in [2.05, 4.69) is 44.8 Å². The summed E-state index contributed by atoms with van der Waals surface area (Å²) in [7, 11) is 1.98. The summed E-state index contributed by atoms with van der Waals surface area (Å²) < 4.78 is 7.04. The Balaban J connectivity index is 2.11. The van der Waals surface area contributed by atoms with Crippen LogP contribution >= 0.6 is 27.3 Å².